The fraction of sp³-hybridized carbons (Fsp3) is 0.533. The van der Waals surface area contributed by atoms with Gasteiger partial charge in [-0.05, 0) is 31.5 Å². The van der Waals surface area contributed by atoms with Crippen LogP contribution in [0.1, 0.15) is 33.1 Å². The number of nitrogens with one attached hydrogen (secondary N) is 1. The number of amides is 1. The molecule has 0 aliphatic carbocycles. The lowest BCUT2D eigenvalue weighted by molar-refractivity contribution is -0.121. The number of benzene rings is 1. The first-order valence-electron chi connectivity index (χ1n) is 7.30. The summed E-state index contributed by atoms with van der Waals surface area (Å²) in [4.78, 5) is 12.2. The van der Waals surface area contributed by atoms with Crippen molar-refractivity contribution < 1.29 is 13.2 Å². The Morgan fingerprint density at radius 3 is 2.59 bits per heavy atom. The van der Waals surface area contributed by atoms with Crippen LogP contribution in [-0.4, -0.2) is 33.2 Å². The first-order valence-corrected chi connectivity index (χ1v) is 9.52. The van der Waals surface area contributed by atoms with E-state index >= 15 is 0 Å². The van der Waals surface area contributed by atoms with Crippen LogP contribution in [-0.2, 0) is 14.8 Å². The van der Waals surface area contributed by atoms with E-state index in [1.165, 1.54) is 6.07 Å². The normalized spacial score (nSPS) is 12.7. The third-order valence-electron chi connectivity index (χ3n) is 3.23. The highest BCUT2D eigenvalue weighted by atomic mass is 35.5. The van der Waals surface area contributed by atoms with Gasteiger partial charge in [0.1, 0.15) is 6.04 Å². The number of sulfonamides is 1. The lowest BCUT2D eigenvalue weighted by atomic mass is 10.2. The van der Waals surface area contributed by atoms with E-state index < -0.39 is 16.1 Å². The van der Waals surface area contributed by atoms with Gasteiger partial charge in [-0.2, -0.15) is 0 Å². The number of carbonyl (C=O) groups is 1. The van der Waals surface area contributed by atoms with Gasteiger partial charge < -0.3 is 5.32 Å². The third-order valence-corrected chi connectivity index (χ3v) is 4.71. The molecule has 1 aromatic carbocycles. The fourth-order valence-electron chi connectivity index (χ4n) is 2.16. The van der Waals surface area contributed by atoms with Gasteiger partial charge >= 0.3 is 0 Å². The number of anilines is 1. The van der Waals surface area contributed by atoms with Crippen LogP contribution >= 0.6 is 11.6 Å². The lowest BCUT2D eigenvalue weighted by Crippen LogP contribution is -2.48. The van der Waals surface area contributed by atoms with Crippen LogP contribution in [0.5, 0.6) is 0 Å². The molecule has 1 amide bonds. The smallest absolute Gasteiger partial charge is 0.243 e. The number of hydrogen-bond donors (Lipinski definition) is 1. The molecule has 0 unspecified atom stereocenters. The van der Waals surface area contributed by atoms with Crippen LogP contribution in [0, 0.1) is 0 Å². The van der Waals surface area contributed by atoms with Gasteiger partial charge in [0.15, 0.2) is 0 Å². The highest BCUT2D eigenvalue weighted by Crippen LogP contribution is 2.24. The highest BCUT2D eigenvalue weighted by Gasteiger charge is 2.28. The summed E-state index contributed by atoms with van der Waals surface area (Å²) in [6.07, 6.45) is 4.04. The molecule has 0 saturated carbocycles. The molecule has 0 bridgehead atoms. The molecule has 7 heteroatoms. The fourth-order valence-corrected chi connectivity index (χ4v) is 3.51. The second-order valence-corrected chi connectivity index (χ2v) is 7.51. The summed E-state index contributed by atoms with van der Waals surface area (Å²) in [7, 11) is -3.60. The summed E-state index contributed by atoms with van der Waals surface area (Å²) >= 11 is 5.92. The Morgan fingerprint density at radius 1 is 1.36 bits per heavy atom. The first kappa shape index (κ1) is 18.8. The summed E-state index contributed by atoms with van der Waals surface area (Å²) in [6, 6.07) is 5.62. The van der Waals surface area contributed by atoms with Crippen LogP contribution in [0.4, 0.5) is 5.69 Å². The maximum absolute atomic E-state index is 12.2. The zero-order valence-electron chi connectivity index (χ0n) is 13.2. The Kier molecular flexibility index (Phi) is 7.16. The van der Waals surface area contributed by atoms with Gasteiger partial charge in [-0.25, -0.2) is 8.42 Å². The molecule has 124 valence electrons. The van der Waals surface area contributed by atoms with Crippen LogP contribution in [0.25, 0.3) is 0 Å². The van der Waals surface area contributed by atoms with Gasteiger partial charge in [0.05, 0.1) is 11.9 Å². The van der Waals surface area contributed by atoms with E-state index in [0.717, 1.165) is 29.8 Å². The van der Waals surface area contributed by atoms with Crippen molar-refractivity contribution in [2.75, 3.05) is 17.1 Å². The van der Waals surface area contributed by atoms with E-state index in [-0.39, 0.29) is 5.91 Å². The van der Waals surface area contributed by atoms with Crippen molar-refractivity contribution in [1.29, 1.82) is 0 Å². The zero-order chi connectivity index (χ0) is 16.8. The predicted octanol–water partition coefficient (Wildman–Crippen LogP) is 2.80. The molecule has 0 aliphatic rings. The van der Waals surface area contributed by atoms with Crippen molar-refractivity contribution >= 4 is 33.2 Å². The molecule has 5 nitrogen and oxygen atoms in total. The molecule has 0 saturated heterocycles. The van der Waals surface area contributed by atoms with Gasteiger partial charge in [0.25, 0.3) is 0 Å². The molecular formula is C15H23ClN2O3S. The van der Waals surface area contributed by atoms with E-state index in [9.17, 15) is 13.2 Å². The standard InChI is InChI=1S/C15H23ClN2O3S/c1-4-5-6-10-17-15(19)12(2)18(22(3,20)21)14-9-7-8-13(16)11-14/h7-9,11-12H,4-6,10H2,1-3H3,(H,17,19)/t12-/m0/s1. The topological polar surface area (TPSA) is 66.5 Å². The van der Waals surface area contributed by atoms with Gasteiger partial charge in [-0.15, -0.1) is 0 Å². The van der Waals surface area contributed by atoms with E-state index in [4.69, 9.17) is 11.6 Å². The molecule has 0 aliphatic heterocycles. The SMILES string of the molecule is CCCCCNC(=O)[C@H](C)N(c1cccc(Cl)c1)S(C)(=O)=O. The highest BCUT2D eigenvalue weighted by molar-refractivity contribution is 7.92. The average Bonchev–Trinajstić information content (AvgIpc) is 2.42. The molecule has 0 fully saturated rings. The van der Waals surface area contributed by atoms with Crippen molar-refractivity contribution in [2.24, 2.45) is 0 Å². The second kappa shape index (κ2) is 8.39. The Hall–Kier alpha value is -1.27. The second-order valence-electron chi connectivity index (χ2n) is 5.21. The number of rotatable bonds is 8. The number of carbonyl (C=O) groups excluding carboxylic acids is 1. The molecule has 1 N–H and O–H groups in total. The van der Waals surface area contributed by atoms with Crippen LogP contribution < -0.4 is 9.62 Å². The van der Waals surface area contributed by atoms with E-state index in [0.29, 0.717) is 17.3 Å². The quantitative estimate of drug-likeness (QED) is 0.736. The van der Waals surface area contributed by atoms with E-state index in [1.807, 2.05) is 0 Å². The van der Waals surface area contributed by atoms with Gasteiger partial charge in [0.2, 0.25) is 15.9 Å². The van der Waals surface area contributed by atoms with Gasteiger partial charge in [-0.3, -0.25) is 9.10 Å². The van der Waals surface area contributed by atoms with Crippen molar-refractivity contribution in [3.8, 4) is 0 Å². The van der Waals surface area contributed by atoms with Crippen LogP contribution in [0.15, 0.2) is 24.3 Å². The minimum absolute atomic E-state index is 0.318. The Labute approximate surface area is 137 Å². The first-order chi connectivity index (χ1) is 10.3. The van der Waals surface area contributed by atoms with Crippen molar-refractivity contribution in [2.45, 2.75) is 39.2 Å². The Morgan fingerprint density at radius 2 is 2.05 bits per heavy atom. The average molecular weight is 347 g/mol. The molecule has 0 heterocycles. The van der Waals surface area contributed by atoms with E-state index in [2.05, 4.69) is 12.2 Å². The van der Waals surface area contributed by atoms with Gasteiger partial charge in [-0.1, -0.05) is 37.4 Å². The molecule has 0 aromatic heterocycles. The summed E-state index contributed by atoms with van der Waals surface area (Å²) in [6.45, 7) is 4.19. The maximum atomic E-state index is 12.2. The molecule has 0 spiro atoms. The van der Waals surface area contributed by atoms with Crippen molar-refractivity contribution in [1.82, 2.24) is 5.32 Å². The lowest BCUT2D eigenvalue weighted by Gasteiger charge is -2.28. The molecule has 1 rings (SSSR count). The molecule has 1 atom stereocenters. The maximum Gasteiger partial charge on any atom is 0.243 e. The summed E-state index contributed by atoms with van der Waals surface area (Å²) in [5.41, 5.74) is 0.381. The minimum Gasteiger partial charge on any atom is -0.354 e. The molecule has 0 radical (unpaired) electrons. The van der Waals surface area contributed by atoms with Crippen LogP contribution in [0.2, 0.25) is 5.02 Å². The Bertz CT molecular complexity index is 605. The van der Waals surface area contributed by atoms with Crippen LogP contribution in [0.3, 0.4) is 0 Å². The van der Waals surface area contributed by atoms with Crippen molar-refractivity contribution in [3.05, 3.63) is 29.3 Å². The number of hydrogen-bond acceptors (Lipinski definition) is 3. The number of unbranched alkanes of at least 4 members (excludes halogenated alkanes) is 2. The monoisotopic (exact) mass is 346 g/mol. The summed E-state index contributed by atoms with van der Waals surface area (Å²) in [5, 5.41) is 3.19. The van der Waals surface area contributed by atoms with Crippen molar-refractivity contribution in [3.63, 3.8) is 0 Å². The molecule has 1 aromatic rings. The number of nitrogens with zero attached hydrogens (tertiary/aromatic N) is 1. The molecular weight excluding hydrogens is 324 g/mol. The zero-order valence-corrected chi connectivity index (χ0v) is 14.7. The summed E-state index contributed by atoms with van der Waals surface area (Å²) in [5.74, 6) is -0.318. The third kappa shape index (κ3) is 5.50. The Balaban J connectivity index is 2.91. The van der Waals surface area contributed by atoms with E-state index in [1.54, 1.807) is 25.1 Å². The van der Waals surface area contributed by atoms with Gasteiger partial charge in [0, 0.05) is 11.6 Å². The number of halogens is 1. The minimum atomic E-state index is -3.60. The predicted molar refractivity (Wildman–Crippen MR) is 90.8 cm³/mol. The largest absolute Gasteiger partial charge is 0.354 e. The molecule has 22 heavy (non-hydrogen) atoms. The summed E-state index contributed by atoms with van der Waals surface area (Å²) < 4.78 is 25.2.